The van der Waals surface area contributed by atoms with Gasteiger partial charge in [0.2, 0.25) is 0 Å². The Bertz CT molecular complexity index is 1050. The summed E-state index contributed by atoms with van der Waals surface area (Å²) in [5.74, 6) is 0.179. The smallest absolute Gasteiger partial charge is 0.409 e. The van der Waals surface area contributed by atoms with Crippen LogP contribution < -0.4 is 0 Å². The molecular formula is C28H33NO4. The molecule has 1 saturated heterocycles. The van der Waals surface area contributed by atoms with E-state index in [1.807, 2.05) is 24.3 Å². The molecule has 1 fully saturated rings. The molecule has 2 unspecified atom stereocenters. The van der Waals surface area contributed by atoms with E-state index in [1.54, 1.807) is 4.90 Å². The molecule has 1 heterocycles. The van der Waals surface area contributed by atoms with Gasteiger partial charge in [0.25, 0.3) is 0 Å². The molecule has 3 aromatic rings. The summed E-state index contributed by atoms with van der Waals surface area (Å²) in [6, 6.07) is 22.8. The SMILES string of the molecule is CCCCOC(=O)N1CCC(c2ccc(CO)cc2)C(OCc2ccc3ccccc3c2)C1. The van der Waals surface area contributed by atoms with Crippen LogP contribution in [-0.2, 0) is 22.7 Å². The molecule has 33 heavy (non-hydrogen) atoms. The highest BCUT2D eigenvalue weighted by atomic mass is 16.6. The fourth-order valence-electron chi connectivity index (χ4n) is 4.43. The summed E-state index contributed by atoms with van der Waals surface area (Å²) in [5.41, 5.74) is 3.18. The molecule has 0 bridgehead atoms. The molecule has 1 aliphatic heterocycles. The first-order chi connectivity index (χ1) is 16.2. The predicted octanol–water partition coefficient (Wildman–Crippen LogP) is 5.64. The Morgan fingerprint density at radius 3 is 2.55 bits per heavy atom. The lowest BCUT2D eigenvalue weighted by Crippen LogP contribution is -2.47. The third kappa shape index (κ3) is 5.92. The molecule has 1 aliphatic rings. The second-order valence-corrected chi connectivity index (χ2v) is 8.74. The van der Waals surface area contributed by atoms with Crippen molar-refractivity contribution in [3.8, 4) is 0 Å². The van der Waals surface area contributed by atoms with Gasteiger partial charge in [0, 0.05) is 12.5 Å². The number of carbonyl (C=O) groups excluding carboxylic acids is 1. The number of hydrogen-bond acceptors (Lipinski definition) is 4. The molecule has 1 amide bonds. The molecule has 0 saturated carbocycles. The van der Waals surface area contributed by atoms with Crippen LogP contribution in [-0.4, -0.2) is 41.9 Å². The topological polar surface area (TPSA) is 59.0 Å². The summed E-state index contributed by atoms with van der Waals surface area (Å²) in [4.78, 5) is 14.4. The molecule has 0 aliphatic carbocycles. The summed E-state index contributed by atoms with van der Waals surface area (Å²) in [6.45, 7) is 4.21. The summed E-state index contributed by atoms with van der Waals surface area (Å²) in [5, 5.41) is 11.8. The molecule has 2 atom stereocenters. The number of aliphatic hydroxyl groups is 1. The number of hydrogen-bond donors (Lipinski definition) is 1. The van der Waals surface area contributed by atoms with Gasteiger partial charge in [-0.15, -0.1) is 0 Å². The quantitative estimate of drug-likeness (QED) is 0.454. The maximum Gasteiger partial charge on any atom is 0.409 e. The van der Waals surface area contributed by atoms with Gasteiger partial charge in [-0.2, -0.15) is 0 Å². The highest BCUT2D eigenvalue weighted by Crippen LogP contribution is 2.32. The van der Waals surface area contributed by atoms with Gasteiger partial charge in [0.15, 0.2) is 0 Å². The fraction of sp³-hybridized carbons (Fsp3) is 0.393. The molecule has 0 spiro atoms. The van der Waals surface area contributed by atoms with Crippen LogP contribution in [0.5, 0.6) is 0 Å². The maximum atomic E-state index is 12.6. The Kier molecular flexibility index (Phi) is 7.97. The summed E-state index contributed by atoms with van der Waals surface area (Å²) < 4.78 is 11.9. The number of carbonyl (C=O) groups is 1. The third-order valence-electron chi connectivity index (χ3n) is 6.41. The van der Waals surface area contributed by atoms with Crippen LogP contribution in [0.25, 0.3) is 10.8 Å². The minimum absolute atomic E-state index is 0.0320. The maximum absolute atomic E-state index is 12.6. The predicted molar refractivity (Wildman–Crippen MR) is 130 cm³/mol. The van der Waals surface area contributed by atoms with Crippen molar-refractivity contribution in [3.05, 3.63) is 83.4 Å². The molecule has 1 N–H and O–H groups in total. The van der Waals surface area contributed by atoms with Crippen molar-refractivity contribution in [1.29, 1.82) is 0 Å². The van der Waals surface area contributed by atoms with Crippen LogP contribution in [0.1, 0.15) is 48.8 Å². The molecule has 5 nitrogen and oxygen atoms in total. The summed E-state index contributed by atoms with van der Waals surface area (Å²) in [7, 11) is 0. The van der Waals surface area contributed by atoms with Gasteiger partial charge in [0.1, 0.15) is 0 Å². The van der Waals surface area contributed by atoms with Crippen molar-refractivity contribution >= 4 is 16.9 Å². The van der Waals surface area contributed by atoms with E-state index in [-0.39, 0.29) is 24.7 Å². The van der Waals surface area contributed by atoms with E-state index < -0.39 is 0 Å². The standard InChI is InChI=1S/C28H33NO4/c1-2-3-16-32-28(31)29-15-14-26(24-12-8-21(19-30)9-13-24)27(18-29)33-20-22-10-11-23-6-4-5-7-25(23)17-22/h4-13,17,26-27,30H,2-3,14-16,18-20H2,1H3. The Balaban J connectivity index is 1.48. The largest absolute Gasteiger partial charge is 0.449 e. The van der Waals surface area contributed by atoms with Crippen LogP contribution in [0.2, 0.25) is 0 Å². The fourth-order valence-corrected chi connectivity index (χ4v) is 4.43. The van der Waals surface area contributed by atoms with Crippen LogP contribution in [0, 0.1) is 0 Å². The molecule has 5 heteroatoms. The molecule has 174 valence electrons. The summed E-state index contributed by atoms with van der Waals surface area (Å²) >= 11 is 0. The van der Waals surface area contributed by atoms with Crippen molar-refractivity contribution < 1.29 is 19.4 Å². The van der Waals surface area contributed by atoms with Crippen LogP contribution >= 0.6 is 0 Å². The molecular weight excluding hydrogens is 414 g/mol. The minimum atomic E-state index is -0.253. The van der Waals surface area contributed by atoms with Crippen molar-refractivity contribution in [2.75, 3.05) is 19.7 Å². The second kappa shape index (κ2) is 11.3. The monoisotopic (exact) mass is 447 g/mol. The number of piperidine rings is 1. The average Bonchev–Trinajstić information content (AvgIpc) is 2.87. The van der Waals surface area contributed by atoms with Gasteiger partial charge in [-0.25, -0.2) is 4.79 Å². The number of benzene rings is 3. The highest BCUT2D eigenvalue weighted by molar-refractivity contribution is 5.82. The van der Waals surface area contributed by atoms with Gasteiger partial charge < -0.3 is 19.5 Å². The molecule has 3 aromatic carbocycles. The first kappa shape index (κ1) is 23.3. The Hall–Kier alpha value is -2.89. The van der Waals surface area contributed by atoms with Crippen LogP contribution in [0.15, 0.2) is 66.7 Å². The number of aliphatic hydroxyl groups excluding tert-OH is 1. The number of nitrogens with zero attached hydrogens (tertiary/aromatic N) is 1. The zero-order valence-electron chi connectivity index (χ0n) is 19.3. The van der Waals surface area contributed by atoms with E-state index in [4.69, 9.17) is 9.47 Å². The van der Waals surface area contributed by atoms with Gasteiger partial charge in [-0.1, -0.05) is 74.0 Å². The summed E-state index contributed by atoms with van der Waals surface area (Å²) in [6.07, 6.45) is 2.29. The number of amides is 1. The first-order valence-electron chi connectivity index (χ1n) is 11.9. The first-order valence-corrected chi connectivity index (χ1v) is 11.9. The number of ether oxygens (including phenoxy) is 2. The number of fused-ring (bicyclic) bond motifs is 1. The average molecular weight is 448 g/mol. The zero-order valence-corrected chi connectivity index (χ0v) is 19.3. The Morgan fingerprint density at radius 1 is 1.03 bits per heavy atom. The zero-order chi connectivity index (χ0) is 23.0. The van der Waals surface area contributed by atoms with Gasteiger partial charge in [-0.3, -0.25) is 0 Å². The Morgan fingerprint density at radius 2 is 1.79 bits per heavy atom. The van der Waals surface area contributed by atoms with E-state index >= 15 is 0 Å². The molecule has 0 aromatic heterocycles. The van der Waals surface area contributed by atoms with Crippen LogP contribution in [0.4, 0.5) is 4.79 Å². The lowest BCUT2D eigenvalue weighted by Gasteiger charge is -2.38. The van der Waals surface area contributed by atoms with Crippen molar-refractivity contribution in [2.45, 2.75) is 51.4 Å². The van der Waals surface area contributed by atoms with E-state index in [1.165, 1.54) is 16.3 Å². The van der Waals surface area contributed by atoms with E-state index in [0.29, 0.717) is 26.3 Å². The number of likely N-dealkylation sites (tertiary alicyclic amines) is 1. The highest BCUT2D eigenvalue weighted by Gasteiger charge is 2.34. The third-order valence-corrected chi connectivity index (χ3v) is 6.41. The second-order valence-electron chi connectivity index (χ2n) is 8.74. The number of unbranched alkanes of at least 4 members (excludes halogenated alkanes) is 1. The van der Waals surface area contributed by atoms with E-state index in [9.17, 15) is 9.90 Å². The molecule has 4 rings (SSSR count). The van der Waals surface area contributed by atoms with Gasteiger partial charge in [-0.05, 0) is 46.4 Å². The minimum Gasteiger partial charge on any atom is -0.449 e. The Labute approximate surface area is 195 Å². The van der Waals surface area contributed by atoms with E-state index in [2.05, 4.69) is 49.4 Å². The lowest BCUT2D eigenvalue weighted by molar-refractivity contribution is -0.0238. The lowest BCUT2D eigenvalue weighted by atomic mass is 9.86. The van der Waals surface area contributed by atoms with Gasteiger partial charge in [0.05, 0.1) is 32.5 Å². The molecule has 0 radical (unpaired) electrons. The van der Waals surface area contributed by atoms with Crippen molar-refractivity contribution in [1.82, 2.24) is 4.90 Å². The van der Waals surface area contributed by atoms with Gasteiger partial charge >= 0.3 is 6.09 Å². The number of rotatable bonds is 8. The van der Waals surface area contributed by atoms with Crippen molar-refractivity contribution in [3.63, 3.8) is 0 Å². The van der Waals surface area contributed by atoms with Crippen molar-refractivity contribution in [2.24, 2.45) is 0 Å². The van der Waals surface area contributed by atoms with Crippen LogP contribution in [0.3, 0.4) is 0 Å². The van der Waals surface area contributed by atoms with E-state index in [0.717, 1.165) is 30.4 Å². The normalized spacial score (nSPS) is 18.4.